The van der Waals surface area contributed by atoms with E-state index in [9.17, 15) is 9.59 Å². The zero-order valence-electron chi connectivity index (χ0n) is 12.4. The standard InChI is InChI=1S/C16H21BrN2O2/c1-10-9-13(7-8-14(10)17)19-16(21)15(18-11(2)20)12-5-3-4-6-12/h7-9,12,15H,3-6H2,1-2H3,(H,18,20)(H,19,21). The van der Waals surface area contributed by atoms with Crippen LogP contribution in [0.1, 0.15) is 38.2 Å². The van der Waals surface area contributed by atoms with Crippen molar-refractivity contribution >= 4 is 33.4 Å². The van der Waals surface area contributed by atoms with Crippen LogP contribution in [-0.2, 0) is 9.59 Å². The summed E-state index contributed by atoms with van der Waals surface area (Å²) in [7, 11) is 0. The number of benzene rings is 1. The van der Waals surface area contributed by atoms with Gasteiger partial charge in [0.1, 0.15) is 6.04 Å². The van der Waals surface area contributed by atoms with Gasteiger partial charge in [0, 0.05) is 17.1 Å². The summed E-state index contributed by atoms with van der Waals surface area (Å²) in [5.41, 5.74) is 1.82. The van der Waals surface area contributed by atoms with E-state index in [0.717, 1.165) is 41.4 Å². The Morgan fingerprint density at radius 1 is 1.29 bits per heavy atom. The van der Waals surface area contributed by atoms with Gasteiger partial charge in [-0.05, 0) is 49.4 Å². The van der Waals surface area contributed by atoms with Gasteiger partial charge in [0.15, 0.2) is 0 Å². The largest absolute Gasteiger partial charge is 0.344 e. The lowest BCUT2D eigenvalue weighted by Gasteiger charge is -2.23. The molecule has 1 aliphatic carbocycles. The van der Waals surface area contributed by atoms with Crippen molar-refractivity contribution < 1.29 is 9.59 Å². The molecule has 0 spiro atoms. The highest BCUT2D eigenvalue weighted by atomic mass is 79.9. The summed E-state index contributed by atoms with van der Waals surface area (Å²) in [5, 5.41) is 5.73. The van der Waals surface area contributed by atoms with Crippen molar-refractivity contribution in [3.63, 3.8) is 0 Å². The quantitative estimate of drug-likeness (QED) is 0.872. The lowest BCUT2D eigenvalue weighted by atomic mass is 9.97. The van der Waals surface area contributed by atoms with Crippen molar-refractivity contribution in [2.24, 2.45) is 5.92 Å². The van der Waals surface area contributed by atoms with E-state index in [4.69, 9.17) is 0 Å². The van der Waals surface area contributed by atoms with E-state index >= 15 is 0 Å². The summed E-state index contributed by atoms with van der Waals surface area (Å²) in [4.78, 5) is 23.9. The van der Waals surface area contributed by atoms with E-state index in [0.29, 0.717) is 0 Å². The Balaban J connectivity index is 2.09. The highest BCUT2D eigenvalue weighted by Gasteiger charge is 2.31. The maximum absolute atomic E-state index is 12.5. The Kier molecular flexibility index (Phi) is 5.39. The molecule has 5 heteroatoms. The highest BCUT2D eigenvalue weighted by Crippen LogP contribution is 2.28. The number of hydrogen-bond acceptors (Lipinski definition) is 2. The predicted molar refractivity (Wildman–Crippen MR) is 87.1 cm³/mol. The van der Waals surface area contributed by atoms with Crippen molar-refractivity contribution in [3.8, 4) is 0 Å². The monoisotopic (exact) mass is 352 g/mol. The van der Waals surface area contributed by atoms with E-state index in [1.165, 1.54) is 6.92 Å². The fourth-order valence-corrected chi connectivity index (χ4v) is 3.10. The number of hydrogen-bond donors (Lipinski definition) is 2. The Hall–Kier alpha value is -1.36. The first-order valence-electron chi connectivity index (χ1n) is 7.31. The van der Waals surface area contributed by atoms with Crippen LogP contribution in [0.3, 0.4) is 0 Å². The van der Waals surface area contributed by atoms with Gasteiger partial charge in [-0.3, -0.25) is 9.59 Å². The van der Waals surface area contributed by atoms with Crippen molar-refractivity contribution in [2.75, 3.05) is 5.32 Å². The fraction of sp³-hybridized carbons (Fsp3) is 0.500. The molecule has 2 N–H and O–H groups in total. The molecule has 0 aliphatic heterocycles. The van der Waals surface area contributed by atoms with Gasteiger partial charge in [0.05, 0.1) is 0 Å². The van der Waals surface area contributed by atoms with Crippen LogP contribution in [0.25, 0.3) is 0 Å². The summed E-state index contributed by atoms with van der Waals surface area (Å²) in [6, 6.07) is 5.25. The second-order valence-electron chi connectivity index (χ2n) is 5.68. The lowest BCUT2D eigenvalue weighted by molar-refractivity contribution is -0.126. The SMILES string of the molecule is CC(=O)NC(C(=O)Nc1ccc(Br)c(C)c1)C1CCCC1. The van der Waals surface area contributed by atoms with Gasteiger partial charge >= 0.3 is 0 Å². The summed E-state index contributed by atoms with van der Waals surface area (Å²) in [5.74, 6) is -0.0432. The zero-order valence-corrected chi connectivity index (χ0v) is 14.0. The molecule has 0 bridgehead atoms. The number of aryl methyl sites for hydroxylation is 1. The maximum atomic E-state index is 12.5. The number of carbonyl (C=O) groups is 2. The first-order valence-corrected chi connectivity index (χ1v) is 8.11. The fourth-order valence-electron chi connectivity index (χ4n) is 2.85. The van der Waals surface area contributed by atoms with Crippen LogP contribution in [-0.4, -0.2) is 17.9 Å². The maximum Gasteiger partial charge on any atom is 0.247 e. The van der Waals surface area contributed by atoms with Gasteiger partial charge in [-0.25, -0.2) is 0 Å². The van der Waals surface area contributed by atoms with E-state index in [1.807, 2.05) is 25.1 Å². The number of rotatable bonds is 4. The average molecular weight is 353 g/mol. The van der Waals surface area contributed by atoms with Crippen LogP contribution < -0.4 is 10.6 Å². The molecule has 1 saturated carbocycles. The summed E-state index contributed by atoms with van der Waals surface area (Å²) in [6.45, 7) is 3.43. The van der Waals surface area contributed by atoms with Crippen LogP contribution >= 0.6 is 15.9 Å². The molecule has 1 fully saturated rings. The van der Waals surface area contributed by atoms with Crippen molar-refractivity contribution in [1.29, 1.82) is 0 Å². The topological polar surface area (TPSA) is 58.2 Å². The molecule has 1 atom stereocenters. The molecule has 0 saturated heterocycles. The Morgan fingerprint density at radius 3 is 2.52 bits per heavy atom. The van der Waals surface area contributed by atoms with Crippen LogP contribution in [0, 0.1) is 12.8 Å². The molecule has 0 heterocycles. The lowest BCUT2D eigenvalue weighted by Crippen LogP contribution is -2.47. The molecule has 1 aromatic rings. The van der Waals surface area contributed by atoms with E-state index in [2.05, 4.69) is 26.6 Å². The average Bonchev–Trinajstić information content (AvgIpc) is 2.93. The number of anilines is 1. The molecule has 1 unspecified atom stereocenters. The Morgan fingerprint density at radius 2 is 1.95 bits per heavy atom. The predicted octanol–water partition coefficient (Wildman–Crippen LogP) is 3.39. The van der Waals surface area contributed by atoms with Crippen LogP contribution in [0.4, 0.5) is 5.69 Å². The molecule has 114 valence electrons. The molecular weight excluding hydrogens is 332 g/mol. The highest BCUT2D eigenvalue weighted by molar-refractivity contribution is 9.10. The van der Waals surface area contributed by atoms with Crippen molar-refractivity contribution in [1.82, 2.24) is 5.32 Å². The molecule has 1 aliphatic rings. The van der Waals surface area contributed by atoms with Gasteiger partial charge in [0.2, 0.25) is 11.8 Å². The van der Waals surface area contributed by atoms with E-state index < -0.39 is 6.04 Å². The molecular formula is C16H21BrN2O2. The van der Waals surface area contributed by atoms with Crippen LogP contribution in [0.5, 0.6) is 0 Å². The number of halogens is 1. The van der Waals surface area contributed by atoms with Gasteiger partial charge in [-0.2, -0.15) is 0 Å². The third kappa shape index (κ3) is 4.30. The molecule has 0 radical (unpaired) electrons. The zero-order chi connectivity index (χ0) is 15.4. The number of nitrogens with one attached hydrogen (secondary N) is 2. The number of carbonyl (C=O) groups excluding carboxylic acids is 2. The van der Waals surface area contributed by atoms with Gasteiger partial charge in [-0.15, -0.1) is 0 Å². The number of amides is 2. The third-order valence-corrected chi connectivity index (χ3v) is 4.83. The minimum absolute atomic E-state index is 0.126. The van der Waals surface area contributed by atoms with Gasteiger partial charge < -0.3 is 10.6 Å². The van der Waals surface area contributed by atoms with Gasteiger partial charge in [-0.1, -0.05) is 28.8 Å². The molecule has 21 heavy (non-hydrogen) atoms. The van der Waals surface area contributed by atoms with Crippen molar-refractivity contribution in [3.05, 3.63) is 28.2 Å². The molecule has 2 amide bonds. The third-order valence-electron chi connectivity index (χ3n) is 3.94. The second-order valence-corrected chi connectivity index (χ2v) is 6.53. The molecule has 2 rings (SSSR count). The van der Waals surface area contributed by atoms with Crippen LogP contribution in [0.2, 0.25) is 0 Å². The summed E-state index contributed by atoms with van der Waals surface area (Å²) >= 11 is 3.44. The second kappa shape index (κ2) is 7.07. The van der Waals surface area contributed by atoms with E-state index in [1.54, 1.807) is 0 Å². The summed E-state index contributed by atoms with van der Waals surface area (Å²) in [6.07, 6.45) is 4.26. The Bertz CT molecular complexity index is 539. The Labute approximate surface area is 133 Å². The molecule has 1 aromatic carbocycles. The van der Waals surface area contributed by atoms with E-state index in [-0.39, 0.29) is 17.7 Å². The molecule has 0 aromatic heterocycles. The summed E-state index contributed by atoms with van der Waals surface area (Å²) < 4.78 is 1.01. The minimum Gasteiger partial charge on any atom is -0.344 e. The smallest absolute Gasteiger partial charge is 0.247 e. The minimum atomic E-state index is -0.436. The van der Waals surface area contributed by atoms with Crippen molar-refractivity contribution in [2.45, 2.75) is 45.6 Å². The normalized spacial score (nSPS) is 16.5. The van der Waals surface area contributed by atoms with Crippen LogP contribution in [0.15, 0.2) is 22.7 Å². The van der Waals surface area contributed by atoms with Gasteiger partial charge in [0.25, 0.3) is 0 Å². The first kappa shape index (κ1) is 16.0. The first-order chi connectivity index (χ1) is 9.97. The molecule has 4 nitrogen and oxygen atoms in total.